The van der Waals surface area contributed by atoms with Gasteiger partial charge in [-0.05, 0) is 49.8 Å². The molecule has 0 aliphatic carbocycles. The van der Waals surface area contributed by atoms with Crippen molar-refractivity contribution in [3.63, 3.8) is 0 Å². The van der Waals surface area contributed by atoms with E-state index in [0.29, 0.717) is 5.02 Å². The summed E-state index contributed by atoms with van der Waals surface area (Å²) in [5.41, 5.74) is 2.65. The van der Waals surface area contributed by atoms with E-state index in [1.54, 1.807) is 23.9 Å². The van der Waals surface area contributed by atoms with Crippen molar-refractivity contribution in [3.05, 3.63) is 82.6 Å². The van der Waals surface area contributed by atoms with E-state index in [4.69, 9.17) is 11.6 Å². The zero-order valence-corrected chi connectivity index (χ0v) is 15.5. The molecule has 3 nitrogen and oxygen atoms in total. The third-order valence-corrected chi connectivity index (χ3v) is 5.24. The van der Waals surface area contributed by atoms with Crippen molar-refractivity contribution < 1.29 is 4.79 Å². The highest BCUT2D eigenvalue weighted by Gasteiger charge is 2.16. The molecule has 25 heavy (non-hydrogen) atoms. The molecule has 0 radical (unpaired) electrons. The zero-order valence-electron chi connectivity index (χ0n) is 13.9. The molecule has 1 heterocycles. The van der Waals surface area contributed by atoms with E-state index >= 15 is 0 Å². The predicted octanol–water partition coefficient (Wildman–Crippen LogP) is 5.66. The van der Waals surface area contributed by atoms with E-state index in [9.17, 15) is 4.79 Å². The maximum absolute atomic E-state index is 12.5. The van der Waals surface area contributed by atoms with Crippen LogP contribution >= 0.6 is 23.4 Å². The first kappa shape index (κ1) is 17.5. The summed E-state index contributed by atoms with van der Waals surface area (Å²) in [6, 6.07) is 17.4. The van der Waals surface area contributed by atoms with Crippen LogP contribution in [-0.4, -0.2) is 15.7 Å². The van der Waals surface area contributed by atoms with Crippen molar-refractivity contribution in [2.75, 3.05) is 0 Å². The standard InChI is InChI=1S/C20H17ClN2OS/c1-14-20(25-18-11-9-17(21)10-12-18)15(2)23(22-14)19(24)13-8-16-6-4-3-5-7-16/h3-13H,1-2H3/b13-8-. The summed E-state index contributed by atoms with van der Waals surface area (Å²) in [5.74, 6) is -0.160. The average Bonchev–Trinajstić information content (AvgIpc) is 2.90. The number of carbonyl (C=O) groups is 1. The van der Waals surface area contributed by atoms with Crippen molar-refractivity contribution in [1.29, 1.82) is 0 Å². The van der Waals surface area contributed by atoms with E-state index in [-0.39, 0.29) is 5.91 Å². The van der Waals surface area contributed by atoms with Crippen molar-refractivity contribution in [3.8, 4) is 0 Å². The van der Waals surface area contributed by atoms with Gasteiger partial charge in [-0.15, -0.1) is 0 Å². The van der Waals surface area contributed by atoms with Crippen molar-refractivity contribution in [2.45, 2.75) is 23.6 Å². The molecule has 0 aliphatic rings. The third kappa shape index (κ3) is 4.21. The fourth-order valence-corrected chi connectivity index (χ4v) is 3.47. The molecule has 0 aliphatic heterocycles. The lowest BCUT2D eigenvalue weighted by atomic mass is 10.2. The van der Waals surface area contributed by atoms with Crippen LogP contribution in [0.2, 0.25) is 5.02 Å². The molecule has 0 saturated heterocycles. The van der Waals surface area contributed by atoms with Crippen LogP contribution in [0.15, 0.2) is 70.5 Å². The molecule has 0 N–H and O–H groups in total. The van der Waals surface area contributed by atoms with Crippen LogP contribution in [0.1, 0.15) is 21.7 Å². The predicted molar refractivity (Wildman–Crippen MR) is 103 cm³/mol. The minimum atomic E-state index is -0.160. The first-order valence-corrected chi connectivity index (χ1v) is 9.01. The Bertz CT molecular complexity index is 915. The zero-order chi connectivity index (χ0) is 17.8. The fraction of sp³-hybridized carbons (Fsp3) is 0.100. The Hall–Kier alpha value is -2.30. The van der Waals surface area contributed by atoms with Crippen LogP contribution < -0.4 is 0 Å². The van der Waals surface area contributed by atoms with Gasteiger partial charge in [-0.3, -0.25) is 4.79 Å². The van der Waals surface area contributed by atoms with E-state index in [0.717, 1.165) is 26.7 Å². The summed E-state index contributed by atoms with van der Waals surface area (Å²) in [5, 5.41) is 5.11. The maximum atomic E-state index is 12.5. The lowest BCUT2D eigenvalue weighted by Gasteiger charge is -2.03. The number of halogens is 1. The van der Waals surface area contributed by atoms with Crippen LogP contribution in [0.5, 0.6) is 0 Å². The Morgan fingerprint density at radius 3 is 2.44 bits per heavy atom. The summed E-state index contributed by atoms with van der Waals surface area (Å²) in [6.07, 6.45) is 3.34. The molecule has 5 heteroatoms. The lowest BCUT2D eigenvalue weighted by molar-refractivity contribution is 0.0952. The van der Waals surface area contributed by atoms with Gasteiger partial charge in [-0.25, -0.2) is 4.68 Å². The summed E-state index contributed by atoms with van der Waals surface area (Å²) in [6.45, 7) is 3.82. The van der Waals surface area contributed by atoms with Crippen molar-refractivity contribution in [2.24, 2.45) is 0 Å². The number of benzene rings is 2. The molecule has 0 atom stereocenters. The number of nitrogens with zero attached hydrogens (tertiary/aromatic N) is 2. The maximum Gasteiger partial charge on any atom is 0.271 e. The Morgan fingerprint density at radius 2 is 1.76 bits per heavy atom. The van der Waals surface area contributed by atoms with Crippen LogP contribution in [0, 0.1) is 13.8 Å². The Kier molecular flexibility index (Phi) is 5.41. The minimum absolute atomic E-state index is 0.160. The largest absolute Gasteiger partial charge is 0.271 e. The van der Waals surface area contributed by atoms with Crippen LogP contribution in [0.4, 0.5) is 0 Å². The van der Waals surface area contributed by atoms with Crippen molar-refractivity contribution >= 4 is 35.3 Å². The smallest absolute Gasteiger partial charge is 0.267 e. The molecular formula is C20H17ClN2OS. The number of aromatic nitrogens is 2. The minimum Gasteiger partial charge on any atom is -0.267 e. The first-order chi connectivity index (χ1) is 12.0. The molecule has 0 unspecified atom stereocenters. The van der Waals surface area contributed by atoms with E-state index < -0.39 is 0 Å². The van der Waals surface area contributed by atoms with E-state index in [1.807, 2.05) is 68.4 Å². The molecule has 0 amide bonds. The second-order valence-corrected chi connectivity index (χ2v) is 7.07. The Labute approximate surface area is 156 Å². The highest BCUT2D eigenvalue weighted by atomic mass is 35.5. The summed E-state index contributed by atoms with van der Waals surface area (Å²) >= 11 is 7.51. The second-order valence-electron chi connectivity index (χ2n) is 5.55. The van der Waals surface area contributed by atoms with Gasteiger partial charge in [-0.1, -0.05) is 53.7 Å². The molecule has 126 valence electrons. The SMILES string of the molecule is Cc1nn(C(=O)/C=C\c2ccccc2)c(C)c1Sc1ccc(Cl)cc1. The molecule has 0 spiro atoms. The number of rotatable bonds is 4. The molecule has 0 saturated carbocycles. The van der Waals surface area contributed by atoms with Gasteiger partial charge in [0.1, 0.15) is 0 Å². The van der Waals surface area contributed by atoms with Gasteiger partial charge >= 0.3 is 0 Å². The van der Waals surface area contributed by atoms with Gasteiger partial charge < -0.3 is 0 Å². The first-order valence-electron chi connectivity index (χ1n) is 7.81. The van der Waals surface area contributed by atoms with E-state index in [1.165, 1.54) is 4.68 Å². The number of allylic oxidation sites excluding steroid dienone is 1. The summed E-state index contributed by atoms with van der Waals surface area (Å²) in [4.78, 5) is 14.5. The van der Waals surface area contributed by atoms with Gasteiger partial charge in [-0.2, -0.15) is 5.10 Å². The fourth-order valence-electron chi connectivity index (χ4n) is 2.41. The molecule has 3 aromatic rings. The number of carbonyl (C=O) groups excluding carboxylic acids is 1. The molecule has 0 fully saturated rings. The summed E-state index contributed by atoms with van der Waals surface area (Å²) in [7, 11) is 0. The lowest BCUT2D eigenvalue weighted by Crippen LogP contribution is -2.11. The number of hydrogen-bond donors (Lipinski definition) is 0. The van der Waals surface area contributed by atoms with Gasteiger partial charge in [0.25, 0.3) is 5.91 Å². The van der Waals surface area contributed by atoms with Gasteiger partial charge in [0.2, 0.25) is 0 Å². The van der Waals surface area contributed by atoms with Crippen molar-refractivity contribution in [1.82, 2.24) is 9.78 Å². The number of hydrogen-bond acceptors (Lipinski definition) is 3. The van der Waals surface area contributed by atoms with Crippen LogP contribution in [0.3, 0.4) is 0 Å². The van der Waals surface area contributed by atoms with Gasteiger partial charge in [0.15, 0.2) is 0 Å². The molecule has 1 aromatic heterocycles. The Morgan fingerprint density at radius 1 is 1.08 bits per heavy atom. The summed E-state index contributed by atoms with van der Waals surface area (Å²) < 4.78 is 1.45. The van der Waals surface area contributed by atoms with Gasteiger partial charge in [0, 0.05) is 16.0 Å². The highest BCUT2D eigenvalue weighted by molar-refractivity contribution is 7.99. The van der Waals surface area contributed by atoms with Crippen LogP contribution in [-0.2, 0) is 0 Å². The molecule has 0 bridgehead atoms. The highest BCUT2D eigenvalue weighted by Crippen LogP contribution is 2.33. The van der Waals surface area contributed by atoms with Crippen LogP contribution in [0.25, 0.3) is 6.08 Å². The average molecular weight is 369 g/mol. The normalized spacial score (nSPS) is 11.2. The molecule has 3 rings (SSSR count). The third-order valence-electron chi connectivity index (χ3n) is 3.69. The quantitative estimate of drug-likeness (QED) is 0.557. The Balaban J connectivity index is 1.82. The number of aryl methyl sites for hydroxylation is 1. The van der Waals surface area contributed by atoms with E-state index in [2.05, 4.69) is 5.10 Å². The van der Waals surface area contributed by atoms with Gasteiger partial charge in [0.05, 0.1) is 16.3 Å². The molecular weight excluding hydrogens is 352 g/mol. The second kappa shape index (κ2) is 7.72. The topological polar surface area (TPSA) is 34.9 Å². The molecule has 2 aromatic carbocycles. The monoisotopic (exact) mass is 368 g/mol.